The summed E-state index contributed by atoms with van der Waals surface area (Å²) >= 11 is 0. The van der Waals surface area contributed by atoms with Crippen molar-refractivity contribution in [2.45, 2.75) is 33.2 Å². The van der Waals surface area contributed by atoms with Crippen LogP contribution in [0, 0.1) is 11.8 Å². The Labute approximate surface area is 102 Å². The van der Waals surface area contributed by atoms with E-state index in [-0.39, 0.29) is 18.6 Å². The van der Waals surface area contributed by atoms with Crippen molar-refractivity contribution in [1.82, 2.24) is 9.80 Å². The SMILES string of the molecule is CC1CC(C)N(C(=O)N(C)CC(C)C(=O)O)C1. The average Bonchev–Trinajstić information content (AvgIpc) is 2.56. The summed E-state index contributed by atoms with van der Waals surface area (Å²) in [5.74, 6) is -0.869. The summed E-state index contributed by atoms with van der Waals surface area (Å²) in [4.78, 5) is 26.2. The molecule has 0 spiro atoms. The van der Waals surface area contributed by atoms with E-state index in [1.807, 2.05) is 11.8 Å². The second-order valence-corrected chi connectivity index (χ2v) is 5.24. The molecule has 1 saturated heterocycles. The summed E-state index contributed by atoms with van der Waals surface area (Å²) in [6, 6.07) is 0.190. The maximum atomic E-state index is 12.1. The number of likely N-dealkylation sites (tertiary alicyclic amines) is 1. The van der Waals surface area contributed by atoms with Gasteiger partial charge in [0.2, 0.25) is 0 Å². The average molecular weight is 242 g/mol. The number of carbonyl (C=O) groups excluding carboxylic acids is 1. The molecule has 17 heavy (non-hydrogen) atoms. The van der Waals surface area contributed by atoms with Crippen molar-refractivity contribution >= 4 is 12.0 Å². The standard InChI is InChI=1S/C12H22N2O3/c1-8-5-10(3)14(6-8)12(17)13(4)7-9(2)11(15)16/h8-10H,5-7H2,1-4H3,(H,15,16). The lowest BCUT2D eigenvalue weighted by atomic mass is 10.1. The summed E-state index contributed by atoms with van der Waals surface area (Å²) < 4.78 is 0. The number of hydrogen-bond acceptors (Lipinski definition) is 2. The summed E-state index contributed by atoms with van der Waals surface area (Å²) in [5, 5.41) is 8.82. The minimum absolute atomic E-state index is 0.0602. The number of aliphatic carboxylic acids is 1. The Kier molecular flexibility index (Phi) is 4.37. The molecule has 5 heteroatoms. The quantitative estimate of drug-likeness (QED) is 0.815. The van der Waals surface area contributed by atoms with Crippen molar-refractivity contribution in [2.24, 2.45) is 11.8 Å². The highest BCUT2D eigenvalue weighted by atomic mass is 16.4. The second kappa shape index (κ2) is 5.38. The van der Waals surface area contributed by atoms with Crippen molar-refractivity contribution in [3.8, 4) is 0 Å². The summed E-state index contributed by atoms with van der Waals surface area (Å²) in [5.41, 5.74) is 0. The van der Waals surface area contributed by atoms with Crippen LogP contribution in [-0.4, -0.2) is 53.1 Å². The van der Waals surface area contributed by atoms with Crippen LogP contribution >= 0.6 is 0 Å². The van der Waals surface area contributed by atoms with Gasteiger partial charge in [0.25, 0.3) is 0 Å². The first-order chi connectivity index (χ1) is 7.82. The van der Waals surface area contributed by atoms with Gasteiger partial charge in [-0.1, -0.05) is 13.8 Å². The molecular weight excluding hydrogens is 220 g/mol. The smallest absolute Gasteiger partial charge is 0.320 e. The van der Waals surface area contributed by atoms with Gasteiger partial charge in [0.05, 0.1) is 5.92 Å². The summed E-state index contributed by atoms with van der Waals surface area (Å²) in [6.45, 7) is 6.80. The molecule has 2 amide bonds. The lowest BCUT2D eigenvalue weighted by Crippen LogP contribution is -2.45. The Bertz CT molecular complexity index is 306. The molecule has 1 aliphatic heterocycles. The van der Waals surface area contributed by atoms with Crippen LogP contribution in [0.4, 0.5) is 4.79 Å². The molecule has 0 radical (unpaired) electrons. The van der Waals surface area contributed by atoms with Gasteiger partial charge >= 0.3 is 12.0 Å². The molecule has 5 nitrogen and oxygen atoms in total. The Morgan fingerprint density at radius 3 is 2.47 bits per heavy atom. The molecule has 0 aromatic rings. The molecule has 3 unspecified atom stereocenters. The van der Waals surface area contributed by atoms with Crippen molar-refractivity contribution in [2.75, 3.05) is 20.1 Å². The van der Waals surface area contributed by atoms with Crippen molar-refractivity contribution in [3.05, 3.63) is 0 Å². The topological polar surface area (TPSA) is 60.9 Å². The monoisotopic (exact) mass is 242 g/mol. The molecule has 1 N–H and O–H groups in total. The van der Waals surface area contributed by atoms with E-state index in [2.05, 4.69) is 6.92 Å². The second-order valence-electron chi connectivity index (χ2n) is 5.24. The molecule has 1 heterocycles. The number of carboxylic acids is 1. The van der Waals surface area contributed by atoms with Crippen LogP contribution in [0.3, 0.4) is 0 Å². The molecular formula is C12H22N2O3. The Balaban J connectivity index is 2.55. The minimum atomic E-state index is -0.868. The van der Waals surface area contributed by atoms with Gasteiger partial charge in [0, 0.05) is 26.2 Å². The third-order valence-corrected chi connectivity index (χ3v) is 3.33. The van der Waals surface area contributed by atoms with Gasteiger partial charge in [-0.15, -0.1) is 0 Å². The molecule has 1 fully saturated rings. The van der Waals surface area contributed by atoms with Crippen LogP contribution in [0.25, 0.3) is 0 Å². The highest BCUT2D eigenvalue weighted by molar-refractivity contribution is 5.76. The number of rotatable bonds is 3. The highest BCUT2D eigenvalue weighted by Gasteiger charge is 2.32. The Hall–Kier alpha value is -1.26. The Morgan fingerprint density at radius 1 is 1.47 bits per heavy atom. The van der Waals surface area contributed by atoms with Crippen LogP contribution in [0.2, 0.25) is 0 Å². The van der Waals surface area contributed by atoms with E-state index >= 15 is 0 Å². The highest BCUT2D eigenvalue weighted by Crippen LogP contribution is 2.23. The normalized spacial score (nSPS) is 25.8. The van der Waals surface area contributed by atoms with Crippen LogP contribution in [-0.2, 0) is 4.79 Å². The maximum Gasteiger partial charge on any atom is 0.320 e. The van der Waals surface area contributed by atoms with E-state index in [1.165, 1.54) is 4.90 Å². The molecule has 0 aromatic carbocycles. The predicted octanol–water partition coefficient (Wildman–Crippen LogP) is 1.49. The third kappa shape index (κ3) is 3.35. The summed E-state index contributed by atoms with van der Waals surface area (Å²) in [6.07, 6.45) is 1.02. The molecule has 0 bridgehead atoms. The van der Waals surface area contributed by atoms with E-state index in [9.17, 15) is 9.59 Å². The zero-order valence-corrected chi connectivity index (χ0v) is 11.0. The van der Waals surface area contributed by atoms with Gasteiger partial charge in [-0.2, -0.15) is 0 Å². The van der Waals surface area contributed by atoms with Crippen LogP contribution < -0.4 is 0 Å². The largest absolute Gasteiger partial charge is 0.481 e. The number of urea groups is 1. The fourth-order valence-electron chi connectivity index (χ4n) is 2.35. The lowest BCUT2D eigenvalue weighted by molar-refractivity contribution is -0.141. The van der Waals surface area contributed by atoms with Gasteiger partial charge in [-0.25, -0.2) is 4.79 Å². The van der Waals surface area contributed by atoms with Crippen LogP contribution in [0.1, 0.15) is 27.2 Å². The lowest BCUT2D eigenvalue weighted by Gasteiger charge is -2.28. The van der Waals surface area contributed by atoms with Crippen LogP contribution in [0.5, 0.6) is 0 Å². The number of nitrogens with zero attached hydrogens (tertiary/aromatic N) is 2. The molecule has 98 valence electrons. The van der Waals surface area contributed by atoms with E-state index in [4.69, 9.17) is 5.11 Å². The number of carbonyl (C=O) groups is 2. The van der Waals surface area contributed by atoms with Gasteiger partial charge in [-0.3, -0.25) is 4.79 Å². The molecule has 1 aliphatic rings. The van der Waals surface area contributed by atoms with E-state index < -0.39 is 11.9 Å². The van der Waals surface area contributed by atoms with Crippen molar-refractivity contribution in [3.63, 3.8) is 0 Å². The molecule has 0 aromatic heterocycles. The van der Waals surface area contributed by atoms with E-state index in [0.29, 0.717) is 5.92 Å². The third-order valence-electron chi connectivity index (χ3n) is 3.33. The minimum Gasteiger partial charge on any atom is -0.481 e. The number of hydrogen-bond donors (Lipinski definition) is 1. The fraction of sp³-hybridized carbons (Fsp3) is 0.833. The first kappa shape index (κ1) is 13.8. The first-order valence-electron chi connectivity index (χ1n) is 6.07. The zero-order chi connectivity index (χ0) is 13.2. The van der Waals surface area contributed by atoms with Crippen molar-refractivity contribution in [1.29, 1.82) is 0 Å². The van der Waals surface area contributed by atoms with Crippen LogP contribution in [0.15, 0.2) is 0 Å². The van der Waals surface area contributed by atoms with E-state index in [1.54, 1.807) is 14.0 Å². The molecule has 3 atom stereocenters. The molecule has 0 aliphatic carbocycles. The number of amides is 2. The fourth-order valence-corrected chi connectivity index (χ4v) is 2.35. The summed E-state index contributed by atoms with van der Waals surface area (Å²) in [7, 11) is 1.66. The first-order valence-corrected chi connectivity index (χ1v) is 6.07. The maximum absolute atomic E-state index is 12.1. The van der Waals surface area contributed by atoms with Gasteiger partial charge in [-0.05, 0) is 19.3 Å². The Morgan fingerprint density at radius 2 is 2.06 bits per heavy atom. The van der Waals surface area contributed by atoms with Gasteiger partial charge < -0.3 is 14.9 Å². The predicted molar refractivity (Wildman–Crippen MR) is 64.8 cm³/mol. The van der Waals surface area contributed by atoms with E-state index in [0.717, 1.165) is 13.0 Å². The van der Waals surface area contributed by atoms with Gasteiger partial charge in [0.15, 0.2) is 0 Å². The van der Waals surface area contributed by atoms with Crippen molar-refractivity contribution < 1.29 is 14.7 Å². The molecule has 0 saturated carbocycles. The van der Waals surface area contributed by atoms with Gasteiger partial charge in [0.1, 0.15) is 0 Å². The zero-order valence-electron chi connectivity index (χ0n) is 11.0. The molecule has 1 rings (SSSR count). The number of carboxylic acid groups (broad SMARTS) is 1.